The molecule has 5 nitrogen and oxygen atoms in total. The van der Waals surface area contributed by atoms with Crippen LogP contribution < -0.4 is 9.47 Å². The zero-order valence-electron chi connectivity index (χ0n) is 15.7. The summed E-state index contributed by atoms with van der Waals surface area (Å²) in [5.41, 5.74) is 2.91. The molecule has 0 atom stereocenters. The third-order valence-electron chi connectivity index (χ3n) is 3.90. The first-order valence-corrected chi connectivity index (χ1v) is 9.89. The summed E-state index contributed by atoms with van der Waals surface area (Å²) in [5.74, 6) is 1.09. The van der Waals surface area contributed by atoms with Gasteiger partial charge in [-0.05, 0) is 72.3 Å². The molecule has 0 fully saturated rings. The minimum atomic E-state index is -0.476. The van der Waals surface area contributed by atoms with Crippen LogP contribution in [0, 0.1) is 10.5 Å². The maximum absolute atomic E-state index is 12.3. The SMILES string of the molecule is C=CCOc1c(I)cc(/C=C2\N=C(c3ccc(C)cc3)OC2=O)cc1OCC. The second-order valence-electron chi connectivity index (χ2n) is 6.06. The van der Waals surface area contributed by atoms with Crippen LogP contribution in [0.25, 0.3) is 6.08 Å². The normalized spacial score (nSPS) is 14.6. The van der Waals surface area contributed by atoms with Crippen molar-refractivity contribution in [2.75, 3.05) is 13.2 Å². The molecule has 1 heterocycles. The van der Waals surface area contributed by atoms with Crippen LogP contribution in [0.1, 0.15) is 23.6 Å². The zero-order valence-corrected chi connectivity index (χ0v) is 17.9. The molecule has 0 saturated carbocycles. The monoisotopic (exact) mass is 489 g/mol. The van der Waals surface area contributed by atoms with Gasteiger partial charge in [0, 0.05) is 5.56 Å². The fourth-order valence-electron chi connectivity index (χ4n) is 2.60. The van der Waals surface area contributed by atoms with Gasteiger partial charge in [0.05, 0.1) is 10.2 Å². The quantitative estimate of drug-likeness (QED) is 0.240. The third kappa shape index (κ3) is 4.62. The summed E-state index contributed by atoms with van der Waals surface area (Å²) in [5, 5.41) is 0. The summed E-state index contributed by atoms with van der Waals surface area (Å²) in [6.45, 7) is 8.45. The highest BCUT2D eigenvalue weighted by molar-refractivity contribution is 14.1. The minimum Gasteiger partial charge on any atom is -0.490 e. The van der Waals surface area contributed by atoms with Crippen LogP contribution in [0.4, 0.5) is 0 Å². The van der Waals surface area contributed by atoms with Gasteiger partial charge in [0.2, 0.25) is 5.90 Å². The highest BCUT2D eigenvalue weighted by Crippen LogP contribution is 2.35. The van der Waals surface area contributed by atoms with Crippen molar-refractivity contribution in [2.24, 2.45) is 4.99 Å². The second-order valence-corrected chi connectivity index (χ2v) is 7.23. The number of aryl methyl sites for hydroxylation is 1. The van der Waals surface area contributed by atoms with E-state index in [1.165, 1.54) is 0 Å². The smallest absolute Gasteiger partial charge is 0.363 e. The predicted molar refractivity (Wildman–Crippen MR) is 118 cm³/mol. The first-order valence-electron chi connectivity index (χ1n) is 8.81. The lowest BCUT2D eigenvalue weighted by Gasteiger charge is -2.13. The van der Waals surface area contributed by atoms with E-state index in [9.17, 15) is 4.79 Å². The molecule has 0 amide bonds. The molecule has 144 valence electrons. The summed E-state index contributed by atoms with van der Waals surface area (Å²) < 4.78 is 17.6. The van der Waals surface area contributed by atoms with Crippen LogP contribution >= 0.6 is 22.6 Å². The van der Waals surface area contributed by atoms with Gasteiger partial charge in [0.25, 0.3) is 0 Å². The number of esters is 1. The fraction of sp³-hybridized carbons (Fsp3) is 0.182. The van der Waals surface area contributed by atoms with E-state index < -0.39 is 5.97 Å². The van der Waals surface area contributed by atoms with Crippen molar-refractivity contribution >= 4 is 40.5 Å². The van der Waals surface area contributed by atoms with Crippen molar-refractivity contribution in [2.45, 2.75) is 13.8 Å². The molecule has 0 aliphatic carbocycles. The van der Waals surface area contributed by atoms with Gasteiger partial charge in [-0.1, -0.05) is 30.4 Å². The molecule has 0 unspecified atom stereocenters. The largest absolute Gasteiger partial charge is 0.490 e. The highest BCUT2D eigenvalue weighted by Gasteiger charge is 2.24. The van der Waals surface area contributed by atoms with Gasteiger partial charge in [-0.3, -0.25) is 0 Å². The molecular formula is C22H20INO4. The van der Waals surface area contributed by atoms with E-state index in [0.717, 1.165) is 20.3 Å². The Morgan fingerprint density at radius 2 is 1.96 bits per heavy atom. The molecule has 28 heavy (non-hydrogen) atoms. The van der Waals surface area contributed by atoms with Gasteiger partial charge in [0.15, 0.2) is 17.2 Å². The number of halogens is 1. The first-order chi connectivity index (χ1) is 13.5. The summed E-state index contributed by atoms with van der Waals surface area (Å²) >= 11 is 2.18. The van der Waals surface area contributed by atoms with Crippen LogP contribution in [-0.2, 0) is 9.53 Å². The number of carbonyl (C=O) groups excluding carboxylic acids is 1. The van der Waals surface area contributed by atoms with E-state index in [2.05, 4.69) is 34.2 Å². The number of nitrogens with zero attached hydrogens (tertiary/aromatic N) is 1. The molecule has 3 rings (SSSR count). The molecule has 0 radical (unpaired) electrons. The second kappa shape index (κ2) is 9.05. The number of hydrogen-bond donors (Lipinski definition) is 0. The van der Waals surface area contributed by atoms with Gasteiger partial charge >= 0.3 is 5.97 Å². The van der Waals surface area contributed by atoms with Crippen LogP contribution in [-0.4, -0.2) is 25.1 Å². The Labute approximate surface area is 177 Å². The maximum Gasteiger partial charge on any atom is 0.363 e. The van der Waals surface area contributed by atoms with Gasteiger partial charge in [0.1, 0.15) is 6.61 Å². The summed E-state index contributed by atoms with van der Waals surface area (Å²) in [6, 6.07) is 11.4. The lowest BCUT2D eigenvalue weighted by molar-refractivity contribution is -0.129. The van der Waals surface area contributed by atoms with E-state index in [1.54, 1.807) is 12.2 Å². The van der Waals surface area contributed by atoms with Crippen molar-refractivity contribution < 1.29 is 19.0 Å². The summed E-state index contributed by atoms with van der Waals surface area (Å²) in [4.78, 5) is 16.6. The summed E-state index contributed by atoms with van der Waals surface area (Å²) in [6.07, 6.45) is 3.36. The number of benzene rings is 2. The number of ether oxygens (including phenoxy) is 3. The molecule has 0 spiro atoms. The van der Waals surface area contributed by atoms with Crippen molar-refractivity contribution in [1.29, 1.82) is 0 Å². The van der Waals surface area contributed by atoms with Gasteiger partial charge < -0.3 is 14.2 Å². The lowest BCUT2D eigenvalue weighted by Crippen LogP contribution is -2.05. The van der Waals surface area contributed by atoms with Crippen molar-refractivity contribution in [1.82, 2.24) is 0 Å². The van der Waals surface area contributed by atoms with Gasteiger partial charge in [-0.25, -0.2) is 9.79 Å². The lowest BCUT2D eigenvalue weighted by atomic mass is 10.1. The molecule has 6 heteroatoms. The topological polar surface area (TPSA) is 57.1 Å². The molecular weight excluding hydrogens is 469 g/mol. The zero-order chi connectivity index (χ0) is 20.1. The molecule has 2 aromatic rings. The Balaban J connectivity index is 1.94. The summed E-state index contributed by atoms with van der Waals surface area (Å²) in [7, 11) is 0. The van der Waals surface area contributed by atoms with E-state index in [-0.39, 0.29) is 5.70 Å². The molecule has 0 saturated heterocycles. The van der Waals surface area contributed by atoms with Gasteiger partial charge in [-0.2, -0.15) is 0 Å². The minimum absolute atomic E-state index is 0.244. The predicted octanol–water partition coefficient (Wildman–Crippen LogP) is 4.91. The van der Waals surface area contributed by atoms with Crippen molar-refractivity contribution in [3.63, 3.8) is 0 Å². The average molecular weight is 489 g/mol. The number of cyclic esters (lactones) is 1. The Kier molecular flexibility index (Phi) is 6.51. The number of hydrogen-bond acceptors (Lipinski definition) is 5. The number of aliphatic imine (C=N–C) groups is 1. The molecule has 0 bridgehead atoms. The first kappa shape index (κ1) is 20.1. The number of carbonyl (C=O) groups is 1. The van der Waals surface area contributed by atoms with Crippen LogP contribution in [0.5, 0.6) is 11.5 Å². The van der Waals surface area contributed by atoms with E-state index in [4.69, 9.17) is 14.2 Å². The maximum atomic E-state index is 12.3. The van der Waals surface area contributed by atoms with Crippen molar-refractivity contribution in [3.05, 3.63) is 75.0 Å². The molecule has 1 aliphatic heterocycles. The fourth-order valence-corrected chi connectivity index (χ4v) is 3.38. The van der Waals surface area contributed by atoms with Crippen LogP contribution in [0.15, 0.2) is 59.7 Å². The number of rotatable bonds is 7. The molecule has 0 N–H and O–H groups in total. The average Bonchev–Trinajstić information content (AvgIpc) is 3.02. The highest BCUT2D eigenvalue weighted by atomic mass is 127. The van der Waals surface area contributed by atoms with E-state index >= 15 is 0 Å². The molecule has 2 aromatic carbocycles. The standard InChI is InChI=1S/C22H20INO4/c1-4-10-27-20-17(23)11-15(13-19(20)26-5-2)12-18-22(25)28-21(24-18)16-8-6-14(3)7-9-16/h4,6-9,11-13H,1,5,10H2,2-3H3/b18-12-. The Morgan fingerprint density at radius 3 is 2.64 bits per heavy atom. The molecule has 0 aromatic heterocycles. The Bertz CT molecular complexity index is 961. The molecule has 1 aliphatic rings. The Hall–Kier alpha value is -2.61. The van der Waals surface area contributed by atoms with Crippen LogP contribution in [0.2, 0.25) is 0 Å². The third-order valence-corrected chi connectivity index (χ3v) is 4.70. The van der Waals surface area contributed by atoms with Gasteiger partial charge in [-0.15, -0.1) is 0 Å². The van der Waals surface area contributed by atoms with Crippen molar-refractivity contribution in [3.8, 4) is 11.5 Å². The van der Waals surface area contributed by atoms with Crippen LogP contribution in [0.3, 0.4) is 0 Å². The van der Waals surface area contributed by atoms with E-state index in [1.807, 2.05) is 50.2 Å². The Morgan fingerprint density at radius 1 is 1.21 bits per heavy atom. The van der Waals surface area contributed by atoms with E-state index in [0.29, 0.717) is 30.6 Å².